The summed E-state index contributed by atoms with van der Waals surface area (Å²) in [5.41, 5.74) is 2.16. The molecule has 10 nitrogen and oxygen atoms in total. The molecule has 198 valence electrons. The number of hydrogen-bond acceptors (Lipinski definition) is 6. The lowest BCUT2D eigenvalue weighted by molar-refractivity contribution is -0.122. The number of nitrogens with zero attached hydrogens (tertiary/aromatic N) is 3. The van der Waals surface area contributed by atoms with E-state index in [1.54, 1.807) is 13.3 Å². The maximum absolute atomic E-state index is 13.3. The largest absolute Gasteiger partial charge is 0.497 e. The molecule has 0 radical (unpaired) electrons. The number of carboxylic acid groups (broad SMARTS) is 1. The van der Waals surface area contributed by atoms with Gasteiger partial charge in [0.05, 0.1) is 24.5 Å². The Balaban J connectivity index is 0.000000983. The third-order valence-corrected chi connectivity index (χ3v) is 6.84. The molecule has 3 N–H and O–H groups in total. The van der Waals surface area contributed by atoms with E-state index in [0.29, 0.717) is 24.3 Å². The Morgan fingerprint density at radius 1 is 1.08 bits per heavy atom. The molecule has 0 aliphatic carbocycles. The fraction of sp³-hybridized carbons (Fsp3) is 0.172. The second-order valence-corrected chi connectivity index (χ2v) is 9.46. The van der Waals surface area contributed by atoms with Gasteiger partial charge in [0.2, 0.25) is 0 Å². The number of carbonyl (C=O) groups excluding carboxylic acids is 1. The van der Waals surface area contributed by atoms with Crippen LogP contribution in [0.5, 0.6) is 5.75 Å². The number of hydrogen-bond donors (Lipinski definition) is 3. The molecule has 0 atom stereocenters. The molecule has 1 aliphatic rings. The highest BCUT2D eigenvalue weighted by Crippen LogP contribution is 2.32. The second kappa shape index (κ2) is 10.4. The highest BCUT2D eigenvalue weighted by atomic mass is 16.5. The highest BCUT2D eigenvalue weighted by Gasteiger charge is 2.44. The minimum Gasteiger partial charge on any atom is -0.497 e. The van der Waals surface area contributed by atoms with Crippen LogP contribution in [-0.4, -0.2) is 64.2 Å². The first-order valence-corrected chi connectivity index (χ1v) is 12.2. The van der Waals surface area contributed by atoms with E-state index in [9.17, 15) is 9.59 Å². The van der Waals surface area contributed by atoms with E-state index in [1.165, 1.54) is 10.6 Å². The van der Waals surface area contributed by atoms with Gasteiger partial charge in [-0.05, 0) is 41.6 Å². The van der Waals surface area contributed by atoms with Crippen LogP contribution in [0.3, 0.4) is 0 Å². The maximum atomic E-state index is 13.3. The van der Waals surface area contributed by atoms with E-state index >= 15 is 0 Å². The molecule has 0 unspecified atom stereocenters. The number of aromatic amines is 1. The molecule has 0 spiro atoms. The average Bonchev–Trinajstić information content (AvgIpc) is 3.37. The minimum absolute atomic E-state index is 0.193. The number of likely N-dealkylation sites (N-methyl/N-ethyl adjacent to an activating group) is 1. The summed E-state index contributed by atoms with van der Waals surface area (Å²) in [5.74, 6) is 0.434. The monoisotopic (exact) mass is 525 g/mol. The Labute approximate surface area is 223 Å². The third-order valence-electron chi connectivity index (χ3n) is 6.84. The number of likely N-dealkylation sites (tertiary alicyclic amines) is 1. The number of benzene rings is 3. The van der Waals surface area contributed by atoms with Gasteiger partial charge in [-0.3, -0.25) is 14.4 Å². The van der Waals surface area contributed by atoms with Crippen molar-refractivity contribution >= 4 is 28.7 Å². The van der Waals surface area contributed by atoms with Crippen molar-refractivity contribution in [1.29, 1.82) is 0 Å². The van der Waals surface area contributed by atoms with Crippen molar-refractivity contribution in [3.05, 3.63) is 101 Å². The zero-order chi connectivity index (χ0) is 27.6. The van der Waals surface area contributed by atoms with Gasteiger partial charge in [0.15, 0.2) is 5.69 Å². The van der Waals surface area contributed by atoms with Gasteiger partial charge in [0.25, 0.3) is 17.9 Å². The molecule has 5 aromatic rings. The molecule has 1 amide bonds. The van der Waals surface area contributed by atoms with Gasteiger partial charge in [-0.15, -0.1) is 0 Å². The molecule has 2 aromatic heterocycles. The second-order valence-electron chi connectivity index (χ2n) is 9.46. The van der Waals surface area contributed by atoms with Crippen LogP contribution >= 0.6 is 0 Å². The fourth-order valence-corrected chi connectivity index (χ4v) is 5.02. The van der Waals surface area contributed by atoms with Gasteiger partial charge in [-0.1, -0.05) is 48.5 Å². The molecule has 10 heteroatoms. The van der Waals surface area contributed by atoms with Crippen LogP contribution in [-0.2, 0) is 10.3 Å². The smallest absolute Gasteiger partial charge is 0.290 e. The van der Waals surface area contributed by atoms with Gasteiger partial charge < -0.3 is 25.0 Å². The van der Waals surface area contributed by atoms with Crippen LogP contribution in [0.15, 0.2) is 83.8 Å². The van der Waals surface area contributed by atoms with Gasteiger partial charge in [-0.2, -0.15) is 5.10 Å². The Hall–Kier alpha value is -4.96. The van der Waals surface area contributed by atoms with Crippen LogP contribution in [0.4, 0.5) is 0 Å². The van der Waals surface area contributed by atoms with Crippen molar-refractivity contribution in [2.45, 2.75) is 5.54 Å². The maximum Gasteiger partial charge on any atom is 0.290 e. The molecule has 1 fully saturated rings. The van der Waals surface area contributed by atoms with E-state index in [-0.39, 0.29) is 23.6 Å². The van der Waals surface area contributed by atoms with Crippen molar-refractivity contribution in [3.63, 3.8) is 0 Å². The third kappa shape index (κ3) is 4.97. The molecule has 39 heavy (non-hydrogen) atoms. The topological polar surface area (TPSA) is 129 Å². The molecule has 0 saturated carbocycles. The molecule has 1 saturated heterocycles. The van der Waals surface area contributed by atoms with E-state index in [2.05, 4.69) is 20.3 Å². The summed E-state index contributed by atoms with van der Waals surface area (Å²) in [6.45, 7) is 1.09. The SMILES string of the molecule is COc1ccc(C2(NC(=O)c3cc4c(=O)[nH]c(-c5ccc6ccccc6c5)cn4n3)CN(C)C2)cc1.O=CO. The summed E-state index contributed by atoms with van der Waals surface area (Å²) >= 11 is 0. The van der Waals surface area contributed by atoms with Crippen LogP contribution in [0.2, 0.25) is 0 Å². The lowest BCUT2D eigenvalue weighted by Gasteiger charge is -2.49. The minimum atomic E-state index is -0.531. The number of fused-ring (bicyclic) bond motifs is 2. The number of H-pyrrole nitrogens is 1. The van der Waals surface area contributed by atoms with Crippen LogP contribution in [0, 0.1) is 0 Å². The molecule has 3 heterocycles. The Bertz CT molecular complexity index is 1720. The van der Waals surface area contributed by atoms with Gasteiger partial charge >= 0.3 is 0 Å². The van der Waals surface area contributed by atoms with Crippen molar-refractivity contribution in [2.75, 3.05) is 27.2 Å². The van der Waals surface area contributed by atoms with Crippen LogP contribution in [0.1, 0.15) is 16.1 Å². The molecule has 1 aliphatic heterocycles. The predicted molar refractivity (Wildman–Crippen MR) is 147 cm³/mol. The molecular formula is C29H27N5O5. The van der Waals surface area contributed by atoms with E-state index in [0.717, 1.165) is 27.6 Å². The number of methoxy groups -OCH3 is 1. The Morgan fingerprint density at radius 2 is 1.77 bits per heavy atom. The summed E-state index contributed by atoms with van der Waals surface area (Å²) < 4.78 is 6.75. The first-order valence-electron chi connectivity index (χ1n) is 12.2. The summed E-state index contributed by atoms with van der Waals surface area (Å²) in [7, 11) is 3.63. The standard InChI is InChI=1S/C28H25N5O3.CH2O2/c1-32-16-28(17-32,21-9-11-22(36-2)12-10-21)30-26(34)23-14-25-27(35)29-24(15-33(25)31-23)20-8-7-18-5-3-4-6-19(18)13-20;2-1-3/h3-15H,16-17H2,1-2H3,(H,29,35)(H,30,34);1H,(H,2,3). The summed E-state index contributed by atoms with van der Waals surface area (Å²) in [6, 6.07) is 23.3. The number of aromatic nitrogens is 3. The first kappa shape index (κ1) is 25.7. The van der Waals surface area contributed by atoms with Crippen LogP contribution < -0.4 is 15.6 Å². The van der Waals surface area contributed by atoms with E-state index in [4.69, 9.17) is 14.6 Å². The molecule has 3 aromatic carbocycles. The van der Waals surface area contributed by atoms with E-state index in [1.807, 2.05) is 73.8 Å². The number of carbonyl (C=O) groups is 2. The van der Waals surface area contributed by atoms with E-state index < -0.39 is 5.54 Å². The number of nitrogens with one attached hydrogen (secondary N) is 2. The average molecular weight is 526 g/mol. The summed E-state index contributed by atoms with van der Waals surface area (Å²) in [4.78, 5) is 39.6. The summed E-state index contributed by atoms with van der Waals surface area (Å²) in [6.07, 6.45) is 1.74. The van der Waals surface area contributed by atoms with Gasteiger partial charge in [0, 0.05) is 24.7 Å². The normalized spacial score (nSPS) is 14.2. The molecule has 0 bridgehead atoms. The van der Waals surface area contributed by atoms with Crippen LogP contribution in [0.25, 0.3) is 27.5 Å². The predicted octanol–water partition coefficient (Wildman–Crippen LogP) is 3.12. The van der Waals surface area contributed by atoms with Crippen molar-refractivity contribution in [1.82, 2.24) is 24.8 Å². The van der Waals surface area contributed by atoms with Crippen molar-refractivity contribution in [3.8, 4) is 17.0 Å². The lowest BCUT2D eigenvalue weighted by atomic mass is 9.82. The number of amides is 1. The van der Waals surface area contributed by atoms with Crippen molar-refractivity contribution in [2.24, 2.45) is 0 Å². The fourth-order valence-electron chi connectivity index (χ4n) is 5.02. The lowest BCUT2D eigenvalue weighted by Crippen LogP contribution is -2.66. The Kier molecular flexibility index (Phi) is 6.86. The van der Waals surface area contributed by atoms with Gasteiger partial charge in [0.1, 0.15) is 11.3 Å². The van der Waals surface area contributed by atoms with Crippen molar-refractivity contribution < 1.29 is 19.4 Å². The Morgan fingerprint density at radius 3 is 2.44 bits per heavy atom. The quantitative estimate of drug-likeness (QED) is 0.301. The molecule has 6 rings (SSSR count). The highest BCUT2D eigenvalue weighted by molar-refractivity contribution is 5.94. The number of ether oxygens (including phenoxy) is 1. The zero-order valence-electron chi connectivity index (χ0n) is 21.4. The molecular weight excluding hydrogens is 498 g/mol. The zero-order valence-corrected chi connectivity index (χ0v) is 21.4. The first-order chi connectivity index (χ1) is 18.9. The summed E-state index contributed by atoms with van der Waals surface area (Å²) in [5, 5.41) is 16.7. The number of rotatable bonds is 5. The van der Waals surface area contributed by atoms with Gasteiger partial charge in [-0.25, -0.2) is 4.52 Å².